The first-order valence-corrected chi connectivity index (χ1v) is 8.37. The van der Waals surface area contributed by atoms with Gasteiger partial charge in [0, 0.05) is 11.3 Å². The zero-order valence-electron chi connectivity index (χ0n) is 12.4. The average molecular weight is 285 g/mol. The minimum Gasteiger partial charge on any atom is -0.469 e. The van der Waals surface area contributed by atoms with E-state index in [2.05, 4.69) is 13.8 Å². The van der Waals surface area contributed by atoms with Crippen LogP contribution in [0.3, 0.4) is 0 Å². The smallest absolute Gasteiger partial charge is 0.306 e. The predicted octanol–water partition coefficient (Wildman–Crippen LogP) is 2.97. The first-order chi connectivity index (χ1) is 8.88. The second kappa shape index (κ2) is 5.65. The van der Waals surface area contributed by atoms with Gasteiger partial charge in [0.05, 0.1) is 13.5 Å². The molecule has 2 fully saturated rings. The predicted molar refractivity (Wildman–Crippen MR) is 80.2 cm³/mol. The summed E-state index contributed by atoms with van der Waals surface area (Å²) in [4.78, 5) is 11.4. The summed E-state index contributed by atoms with van der Waals surface area (Å²) < 4.78 is 4.80. The molecule has 2 aliphatic carbocycles. The van der Waals surface area contributed by atoms with E-state index in [-0.39, 0.29) is 22.8 Å². The molecular weight excluding hydrogens is 258 g/mol. The lowest BCUT2D eigenvalue weighted by Crippen LogP contribution is -2.48. The third-order valence-electron chi connectivity index (χ3n) is 4.92. The number of hydrogen-bond acceptors (Lipinski definition) is 4. The summed E-state index contributed by atoms with van der Waals surface area (Å²) in [6.07, 6.45) is 6.66. The van der Waals surface area contributed by atoms with Crippen molar-refractivity contribution < 1.29 is 9.53 Å². The largest absolute Gasteiger partial charge is 0.469 e. The van der Waals surface area contributed by atoms with Gasteiger partial charge in [-0.25, -0.2) is 0 Å². The number of carbonyl (C=O) groups is 1. The first kappa shape index (κ1) is 15.2. The summed E-state index contributed by atoms with van der Waals surface area (Å²) in [5, 5.41) is 0.555. The minimum absolute atomic E-state index is 0.0635. The molecule has 2 unspecified atom stereocenters. The summed E-state index contributed by atoms with van der Waals surface area (Å²) in [6.45, 7) is 4.57. The Balaban J connectivity index is 1.83. The second-order valence-corrected chi connectivity index (χ2v) is 8.24. The number of methoxy groups -OCH3 is 1. The van der Waals surface area contributed by atoms with Crippen molar-refractivity contribution in [2.45, 2.75) is 63.7 Å². The van der Waals surface area contributed by atoms with Crippen molar-refractivity contribution in [3.05, 3.63) is 0 Å². The highest BCUT2D eigenvalue weighted by molar-refractivity contribution is 8.00. The Morgan fingerprint density at radius 3 is 2.63 bits per heavy atom. The van der Waals surface area contributed by atoms with E-state index in [1.54, 1.807) is 0 Å². The monoisotopic (exact) mass is 285 g/mol. The van der Waals surface area contributed by atoms with E-state index >= 15 is 0 Å². The molecule has 0 heterocycles. The molecular formula is C15H27NO2S. The number of rotatable bonds is 5. The number of nitrogens with two attached hydrogens (primary N) is 1. The highest BCUT2D eigenvalue weighted by Crippen LogP contribution is 2.53. The fourth-order valence-corrected chi connectivity index (χ4v) is 4.87. The van der Waals surface area contributed by atoms with Gasteiger partial charge < -0.3 is 10.5 Å². The van der Waals surface area contributed by atoms with E-state index in [1.165, 1.54) is 39.2 Å². The maximum Gasteiger partial charge on any atom is 0.306 e. The Hall–Kier alpha value is -0.220. The average Bonchev–Trinajstić information content (AvgIpc) is 3.11. The second-order valence-electron chi connectivity index (χ2n) is 7.01. The third kappa shape index (κ3) is 3.66. The van der Waals surface area contributed by atoms with Crippen LogP contribution in [0, 0.1) is 10.8 Å². The molecule has 4 heteroatoms. The van der Waals surface area contributed by atoms with Crippen LogP contribution in [0.25, 0.3) is 0 Å². The minimum atomic E-state index is -0.0635. The van der Waals surface area contributed by atoms with E-state index in [0.29, 0.717) is 11.7 Å². The molecule has 2 aliphatic rings. The summed E-state index contributed by atoms with van der Waals surface area (Å²) in [5.74, 6) is 1.00. The molecule has 0 saturated heterocycles. The Kier molecular flexibility index (Phi) is 4.51. The summed E-state index contributed by atoms with van der Waals surface area (Å²) in [6, 6.07) is 0.278. The van der Waals surface area contributed by atoms with E-state index in [1.807, 2.05) is 11.8 Å². The summed E-state index contributed by atoms with van der Waals surface area (Å²) in [5.41, 5.74) is 6.90. The maximum atomic E-state index is 11.4. The molecule has 2 N–H and O–H groups in total. The van der Waals surface area contributed by atoms with Crippen molar-refractivity contribution in [1.82, 2.24) is 0 Å². The van der Waals surface area contributed by atoms with Crippen molar-refractivity contribution in [3.63, 3.8) is 0 Å². The molecule has 0 spiro atoms. The van der Waals surface area contributed by atoms with Crippen LogP contribution in [0.2, 0.25) is 0 Å². The Bertz CT molecular complexity index is 339. The van der Waals surface area contributed by atoms with Gasteiger partial charge in [0.2, 0.25) is 0 Å². The molecule has 2 saturated carbocycles. The molecule has 0 bridgehead atoms. The lowest BCUT2D eigenvalue weighted by atomic mass is 9.73. The van der Waals surface area contributed by atoms with Crippen molar-refractivity contribution in [2.75, 3.05) is 12.9 Å². The molecule has 3 nitrogen and oxygen atoms in total. The van der Waals surface area contributed by atoms with Crippen LogP contribution in [0.15, 0.2) is 0 Å². The van der Waals surface area contributed by atoms with Crippen LogP contribution < -0.4 is 5.73 Å². The third-order valence-corrected chi connectivity index (χ3v) is 6.66. The topological polar surface area (TPSA) is 52.3 Å². The molecule has 2 atom stereocenters. The van der Waals surface area contributed by atoms with Gasteiger partial charge in [0.1, 0.15) is 0 Å². The fraction of sp³-hybridized carbons (Fsp3) is 0.933. The number of carbonyl (C=O) groups excluding carboxylic acids is 1. The molecule has 0 aromatic carbocycles. The van der Waals surface area contributed by atoms with Crippen LogP contribution in [0.1, 0.15) is 52.4 Å². The number of hydrogen-bond donors (Lipinski definition) is 1. The number of ether oxygens (including phenoxy) is 1. The molecule has 0 aliphatic heterocycles. The zero-order valence-corrected chi connectivity index (χ0v) is 13.2. The van der Waals surface area contributed by atoms with Gasteiger partial charge in [-0.3, -0.25) is 4.79 Å². The normalized spacial score (nSPS) is 31.8. The lowest BCUT2D eigenvalue weighted by Gasteiger charge is -2.42. The quantitative estimate of drug-likeness (QED) is 0.789. The van der Waals surface area contributed by atoms with E-state index < -0.39 is 0 Å². The standard InChI is InChI=1S/C15H27NO2S/c1-14(2)6-4-5-11(13(14)16)19-10-15(7-8-15)9-12(17)18-3/h11,13H,4-10,16H2,1-3H3. The first-order valence-electron chi connectivity index (χ1n) is 7.33. The van der Waals surface area contributed by atoms with Crippen LogP contribution >= 0.6 is 11.8 Å². The van der Waals surface area contributed by atoms with Gasteiger partial charge >= 0.3 is 5.97 Å². The Labute approximate surface area is 121 Å². The molecule has 0 amide bonds. The Morgan fingerprint density at radius 2 is 2.05 bits per heavy atom. The lowest BCUT2D eigenvalue weighted by molar-refractivity contribution is -0.141. The van der Waals surface area contributed by atoms with Gasteiger partial charge in [-0.15, -0.1) is 0 Å². The number of thioether (sulfide) groups is 1. The molecule has 0 aromatic heterocycles. The fourth-order valence-electron chi connectivity index (χ4n) is 3.01. The Morgan fingerprint density at radius 1 is 1.37 bits per heavy atom. The van der Waals surface area contributed by atoms with Crippen LogP contribution in [-0.2, 0) is 9.53 Å². The molecule has 0 radical (unpaired) electrons. The van der Waals surface area contributed by atoms with E-state index in [9.17, 15) is 4.79 Å². The van der Waals surface area contributed by atoms with Crippen LogP contribution in [-0.4, -0.2) is 30.1 Å². The van der Waals surface area contributed by atoms with Crippen LogP contribution in [0.4, 0.5) is 0 Å². The highest BCUT2D eigenvalue weighted by Gasteiger charge is 2.46. The van der Waals surface area contributed by atoms with Gasteiger partial charge in [0.25, 0.3) is 0 Å². The van der Waals surface area contributed by atoms with Crippen LogP contribution in [0.5, 0.6) is 0 Å². The summed E-state index contributed by atoms with van der Waals surface area (Å²) >= 11 is 2.00. The van der Waals surface area contributed by atoms with E-state index in [4.69, 9.17) is 10.5 Å². The summed E-state index contributed by atoms with van der Waals surface area (Å²) in [7, 11) is 1.48. The molecule has 2 rings (SSSR count). The molecule has 110 valence electrons. The van der Waals surface area contributed by atoms with Crippen molar-refractivity contribution in [1.29, 1.82) is 0 Å². The van der Waals surface area contributed by atoms with Gasteiger partial charge in [0.15, 0.2) is 0 Å². The molecule has 19 heavy (non-hydrogen) atoms. The van der Waals surface area contributed by atoms with E-state index in [0.717, 1.165) is 5.75 Å². The highest BCUT2D eigenvalue weighted by atomic mass is 32.2. The van der Waals surface area contributed by atoms with Gasteiger partial charge in [-0.05, 0) is 42.3 Å². The number of esters is 1. The maximum absolute atomic E-state index is 11.4. The van der Waals surface area contributed by atoms with Crippen molar-refractivity contribution in [3.8, 4) is 0 Å². The van der Waals surface area contributed by atoms with Crippen molar-refractivity contribution >= 4 is 17.7 Å². The SMILES string of the molecule is COC(=O)CC1(CSC2CCCC(C)(C)C2N)CC1. The van der Waals surface area contributed by atoms with Gasteiger partial charge in [-0.2, -0.15) is 11.8 Å². The van der Waals surface area contributed by atoms with Crippen molar-refractivity contribution in [2.24, 2.45) is 16.6 Å². The zero-order chi connectivity index (χ0) is 14.1. The van der Waals surface area contributed by atoms with Gasteiger partial charge in [-0.1, -0.05) is 20.3 Å². The molecule has 0 aromatic rings.